The molecule has 1 aliphatic heterocycles. The van der Waals surface area contributed by atoms with Crippen molar-refractivity contribution in [3.05, 3.63) is 54.2 Å². The molecule has 0 aliphatic carbocycles. The second-order valence-electron chi connectivity index (χ2n) is 7.97. The maximum atomic E-state index is 12.9. The van der Waals surface area contributed by atoms with E-state index in [1.807, 2.05) is 0 Å². The molecule has 1 aromatic carbocycles. The fourth-order valence-corrected chi connectivity index (χ4v) is 5.83. The van der Waals surface area contributed by atoms with Crippen molar-refractivity contribution in [3.8, 4) is 10.6 Å². The quantitative estimate of drug-likeness (QED) is 0.534. The highest BCUT2D eigenvalue weighted by molar-refractivity contribution is 7.92. The lowest BCUT2D eigenvalue weighted by Crippen LogP contribution is -2.49. The third-order valence-corrected chi connectivity index (χ3v) is 7.98. The summed E-state index contributed by atoms with van der Waals surface area (Å²) in [4.78, 5) is 36.1. The fourth-order valence-electron chi connectivity index (χ4n) is 3.87. The number of likely N-dealkylation sites (tertiary alicyclic amines) is 1. The molecule has 11 heteroatoms. The second-order valence-corrected chi connectivity index (χ2v) is 10.7. The highest BCUT2D eigenvalue weighted by Crippen LogP contribution is 2.33. The number of rotatable bonds is 6. The van der Waals surface area contributed by atoms with E-state index >= 15 is 0 Å². The van der Waals surface area contributed by atoms with E-state index in [0.29, 0.717) is 34.4 Å². The largest absolute Gasteiger partial charge is 0.331 e. The Morgan fingerprint density at radius 1 is 1.06 bits per heavy atom. The zero-order chi connectivity index (χ0) is 24.3. The molecule has 1 aliphatic rings. The van der Waals surface area contributed by atoms with Crippen LogP contribution in [0.4, 0.5) is 10.9 Å². The predicted octanol–water partition coefficient (Wildman–Crippen LogP) is 3.65. The number of carbonyl (C=O) groups excluding carboxylic acids is 2. The minimum atomic E-state index is -3.77. The number of nitrogens with one attached hydrogen (secondary N) is 2. The van der Waals surface area contributed by atoms with E-state index in [2.05, 4.69) is 20.0 Å². The SMILES string of the molecule is CC(=O)N1CCCC[C@H]1C(=O)Nc1nc(C)c(-c2cccc(NS(=O)(=O)c3ccccc3)n2)s1. The molecule has 1 fully saturated rings. The van der Waals surface area contributed by atoms with Crippen LogP contribution in [-0.4, -0.2) is 47.7 Å². The number of thiazole rings is 1. The summed E-state index contributed by atoms with van der Waals surface area (Å²) in [6, 6.07) is 12.6. The van der Waals surface area contributed by atoms with Crippen molar-refractivity contribution in [1.82, 2.24) is 14.9 Å². The molecule has 3 aromatic rings. The molecule has 0 unspecified atom stereocenters. The third kappa shape index (κ3) is 5.26. The average molecular weight is 500 g/mol. The number of sulfonamides is 1. The molecule has 178 valence electrons. The number of hydrogen-bond donors (Lipinski definition) is 2. The van der Waals surface area contributed by atoms with Gasteiger partial charge in [0.25, 0.3) is 10.0 Å². The molecule has 2 aromatic heterocycles. The molecular weight excluding hydrogens is 474 g/mol. The lowest BCUT2D eigenvalue weighted by molar-refractivity contribution is -0.138. The Bertz CT molecular complexity index is 1310. The van der Waals surface area contributed by atoms with Gasteiger partial charge in [-0.2, -0.15) is 0 Å². The smallest absolute Gasteiger partial charge is 0.263 e. The van der Waals surface area contributed by atoms with E-state index in [1.54, 1.807) is 48.2 Å². The molecule has 0 saturated carbocycles. The highest BCUT2D eigenvalue weighted by atomic mass is 32.2. The Balaban J connectivity index is 1.52. The van der Waals surface area contributed by atoms with Crippen molar-refractivity contribution in [2.45, 2.75) is 44.0 Å². The topological polar surface area (TPSA) is 121 Å². The van der Waals surface area contributed by atoms with E-state index in [0.717, 1.165) is 12.8 Å². The summed E-state index contributed by atoms with van der Waals surface area (Å²) in [6.45, 7) is 3.85. The monoisotopic (exact) mass is 499 g/mol. The summed E-state index contributed by atoms with van der Waals surface area (Å²) in [6.07, 6.45) is 2.40. The van der Waals surface area contributed by atoms with Crippen LogP contribution in [0.15, 0.2) is 53.4 Å². The molecule has 3 heterocycles. The number of aromatic nitrogens is 2. The number of pyridine rings is 1. The average Bonchev–Trinajstić information content (AvgIpc) is 3.19. The first-order valence-electron chi connectivity index (χ1n) is 10.9. The van der Waals surface area contributed by atoms with Gasteiger partial charge in [-0.3, -0.25) is 14.3 Å². The third-order valence-electron chi connectivity index (χ3n) is 5.51. The van der Waals surface area contributed by atoms with Gasteiger partial charge in [0.2, 0.25) is 11.8 Å². The van der Waals surface area contributed by atoms with Crippen LogP contribution < -0.4 is 10.0 Å². The molecule has 9 nitrogen and oxygen atoms in total. The van der Waals surface area contributed by atoms with Crippen LogP contribution in [0.25, 0.3) is 10.6 Å². The van der Waals surface area contributed by atoms with Crippen molar-refractivity contribution in [2.24, 2.45) is 0 Å². The van der Waals surface area contributed by atoms with Crippen LogP contribution in [0.2, 0.25) is 0 Å². The number of aryl methyl sites for hydroxylation is 1. The van der Waals surface area contributed by atoms with Crippen LogP contribution in [0.3, 0.4) is 0 Å². The van der Waals surface area contributed by atoms with E-state index in [9.17, 15) is 18.0 Å². The Labute approximate surface area is 202 Å². The van der Waals surface area contributed by atoms with Gasteiger partial charge in [-0.25, -0.2) is 18.4 Å². The van der Waals surface area contributed by atoms with Crippen LogP contribution in [-0.2, 0) is 19.6 Å². The fraction of sp³-hybridized carbons (Fsp3) is 0.304. The van der Waals surface area contributed by atoms with Gasteiger partial charge >= 0.3 is 0 Å². The number of nitrogens with zero attached hydrogens (tertiary/aromatic N) is 3. The van der Waals surface area contributed by atoms with Crippen molar-refractivity contribution >= 4 is 44.1 Å². The molecule has 1 saturated heterocycles. The molecule has 0 spiro atoms. The first-order chi connectivity index (χ1) is 16.2. The van der Waals surface area contributed by atoms with Gasteiger partial charge < -0.3 is 10.2 Å². The number of piperidine rings is 1. The molecule has 1 atom stereocenters. The second kappa shape index (κ2) is 9.90. The molecule has 4 rings (SSSR count). The number of anilines is 2. The van der Waals surface area contributed by atoms with E-state index in [1.165, 1.54) is 30.4 Å². The lowest BCUT2D eigenvalue weighted by atomic mass is 10.0. The van der Waals surface area contributed by atoms with Crippen LogP contribution in [0.1, 0.15) is 31.9 Å². The summed E-state index contributed by atoms with van der Waals surface area (Å²) in [5.74, 6) is -0.193. The zero-order valence-electron chi connectivity index (χ0n) is 18.8. The van der Waals surface area contributed by atoms with Gasteiger partial charge in [-0.15, -0.1) is 0 Å². The minimum Gasteiger partial charge on any atom is -0.331 e. The summed E-state index contributed by atoms with van der Waals surface area (Å²) >= 11 is 1.25. The van der Waals surface area contributed by atoms with Gasteiger partial charge in [-0.1, -0.05) is 35.6 Å². The number of amides is 2. The van der Waals surface area contributed by atoms with Crippen molar-refractivity contribution in [1.29, 1.82) is 0 Å². The standard InChI is InChI=1S/C23H25N5O4S2/c1-15-21(33-23(24-15)26-22(30)19-12-6-7-14-28(19)16(2)29)18-11-8-13-20(25-18)27-34(31,32)17-9-4-3-5-10-17/h3-5,8-11,13,19H,6-7,12,14H2,1-2H3,(H,25,27)(H,24,26,30)/t19-/m0/s1. The summed E-state index contributed by atoms with van der Waals surface area (Å²) in [5.41, 5.74) is 1.19. The Hall–Kier alpha value is -3.31. The maximum absolute atomic E-state index is 12.9. The minimum absolute atomic E-state index is 0.116. The van der Waals surface area contributed by atoms with Crippen LogP contribution in [0, 0.1) is 6.92 Å². The molecule has 0 radical (unpaired) electrons. The molecule has 0 bridgehead atoms. The first-order valence-corrected chi connectivity index (χ1v) is 13.2. The van der Waals surface area contributed by atoms with Gasteiger partial charge in [-0.05, 0) is 50.5 Å². The molecule has 2 amide bonds. The van der Waals surface area contributed by atoms with Crippen LogP contribution in [0.5, 0.6) is 0 Å². The number of carbonyl (C=O) groups is 2. The van der Waals surface area contributed by atoms with E-state index in [4.69, 9.17) is 0 Å². The van der Waals surface area contributed by atoms with Gasteiger partial charge in [0.05, 0.1) is 21.2 Å². The summed E-state index contributed by atoms with van der Waals surface area (Å²) in [5, 5.41) is 3.24. The van der Waals surface area contributed by atoms with E-state index < -0.39 is 16.1 Å². The summed E-state index contributed by atoms with van der Waals surface area (Å²) in [7, 11) is -3.77. The normalized spacial score (nSPS) is 16.2. The molecular formula is C23H25N5O4S2. The van der Waals surface area contributed by atoms with E-state index in [-0.39, 0.29) is 22.5 Å². The highest BCUT2D eigenvalue weighted by Gasteiger charge is 2.31. The van der Waals surface area contributed by atoms with Crippen molar-refractivity contribution in [3.63, 3.8) is 0 Å². The van der Waals surface area contributed by atoms with Gasteiger partial charge in [0, 0.05) is 13.5 Å². The maximum Gasteiger partial charge on any atom is 0.263 e. The predicted molar refractivity (Wildman–Crippen MR) is 131 cm³/mol. The Morgan fingerprint density at radius 2 is 1.82 bits per heavy atom. The first kappa shape index (κ1) is 23.8. The van der Waals surface area contributed by atoms with Crippen molar-refractivity contribution in [2.75, 3.05) is 16.6 Å². The Kier molecular flexibility index (Phi) is 6.94. The zero-order valence-corrected chi connectivity index (χ0v) is 20.4. The number of hydrogen-bond acceptors (Lipinski definition) is 7. The van der Waals surface area contributed by atoms with Crippen LogP contribution >= 0.6 is 11.3 Å². The van der Waals surface area contributed by atoms with Crippen molar-refractivity contribution < 1.29 is 18.0 Å². The molecule has 2 N–H and O–H groups in total. The van der Waals surface area contributed by atoms with Gasteiger partial charge in [0.1, 0.15) is 11.9 Å². The Morgan fingerprint density at radius 3 is 2.56 bits per heavy atom. The number of benzene rings is 1. The van der Waals surface area contributed by atoms with Gasteiger partial charge in [0.15, 0.2) is 5.13 Å². The lowest BCUT2D eigenvalue weighted by Gasteiger charge is -2.33. The molecule has 34 heavy (non-hydrogen) atoms. The summed E-state index contributed by atoms with van der Waals surface area (Å²) < 4.78 is 27.8.